The molecule has 3 heterocycles. The van der Waals surface area contributed by atoms with Gasteiger partial charge in [-0.15, -0.1) is 0 Å². The Morgan fingerprint density at radius 3 is 1.63 bits per heavy atom. The number of methoxy groups -OCH3 is 1. The Hall–Kier alpha value is -6.84. The molecule has 0 saturated carbocycles. The standard InChI is InChI=1S/C51H76N2O29Si/c1-16-17-68-50(65)53-39-43(76-32(10)62)40(36(22-70-26(4)56)78-47(39)67-18-19-83(13,14)15)80-48-46(77-33(11)63)45(42(75-31(9)61)37(79-48)23-71-27(5)57)82-51(49(64)66-12)20-34(72-28(6)58)38(52-24(2)54)44(81-51)41(74-30(8)60)35(73-29(7)59)21-69-25(3)55/h16,34-48H,1,17-23H2,2-15H3,(H,52,54)(H,53,65)/t34-,35+,36+,37+,38+,39+,40+,41+,42-,43+,44+,45-,46+,47+,48-,51-/m0/s1. The quantitative estimate of drug-likeness (QED) is 0.0483. The highest BCUT2D eigenvalue weighted by Crippen LogP contribution is 2.42. The number of amides is 2. The molecule has 3 aliphatic heterocycles. The van der Waals surface area contributed by atoms with Crippen LogP contribution >= 0.6 is 0 Å². The van der Waals surface area contributed by atoms with Crippen molar-refractivity contribution in [3.8, 4) is 0 Å². The van der Waals surface area contributed by atoms with Gasteiger partial charge in [-0.05, 0) is 6.04 Å². The van der Waals surface area contributed by atoms with Gasteiger partial charge in [-0.1, -0.05) is 32.3 Å². The summed E-state index contributed by atoms with van der Waals surface area (Å²) in [5.41, 5.74) is 0. The zero-order valence-electron chi connectivity index (χ0n) is 48.7. The van der Waals surface area contributed by atoms with Crippen LogP contribution in [0.1, 0.15) is 75.7 Å². The highest BCUT2D eigenvalue weighted by atomic mass is 28.3. The van der Waals surface area contributed by atoms with E-state index in [9.17, 15) is 57.5 Å². The van der Waals surface area contributed by atoms with E-state index in [2.05, 4.69) is 36.9 Å². The van der Waals surface area contributed by atoms with Gasteiger partial charge in [-0.25, -0.2) is 9.59 Å². The van der Waals surface area contributed by atoms with Crippen LogP contribution in [0.25, 0.3) is 0 Å². The van der Waals surface area contributed by atoms with E-state index in [0.29, 0.717) is 6.04 Å². The summed E-state index contributed by atoms with van der Waals surface area (Å²) in [4.78, 5) is 157. The highest BCUT2D eigenvalue weighted by Gasteiger charge is 2.64. The van der Waals surface area contributed by atoms with E-state index in [0.717, 1.165) is 76.3 Å². The van der Waals surface area contributed by atoms with Gasteiger partial charge in [0.25, 0.3) is 5.79 Å². The zero-order chi connectivity index (χ0) is 62.7. The number of nitrogens with one attached hydrogen (secondary N) is 2. The van der Waals surface area contributed by atoms with Gasteiger partial charge in [0.1, 0.15) is 69.1 Å². The molecule has 31 nitrogen and oxygen atoms in total. The molecule has 0 unspecified atom stereocenters. The monoisotopic (exact) mass is 1210 g/mol. The number of ether oxygens (including phenoxy) is 17. The molecule has 0 radical (unpaired) electrons. The lowest BCUT2D eigenvalue weighted by Crippen LogP contribution is -2.72. The molecular weight excluding hydrogens is 1130 g/mol. The molecule has 3 rings (SSSR count). The van der Waals surface area contributed by atoms with Crippen LogP contribution in [-0.4, -0.2) is 218 Å². The van der Waals surface area contributed by atoms with Crippen molar-refractivity contribution in [1.82, 2.24) is 10.6 Å². The molecule has 0 spiro atoms. The first-order valence-electron chi connectivity index (χ1n) is 26.0. The summed E-state index contributed by atoms with van der Waals surface area (Å²) in [6.07, 6.45) is -26.0. The molecule has 2 amide bonds. The Balaban J connectivity index is 2.54. The molecule has 468 valence electrons. The predicted molar refractivity (Wildman–Crippen MR) is 275 cm³/mol. The van der Waals surface area contributed by atoms with Crippen LogP contribution in [0.4, 0.5) is 4.79 Å². The van der Waals surface area contributed by atoms with Gasteiger partial charge in [-0.2, -0.15) is 0 Å². The number of alkyl carbamates (subject to hydrolysis) is 1. The average Bonchev–Trinajstić information content (AvgIpc) is 1.75. The van der Waals surface area contributed by atoms with Crippen molar-refractivity contribution in [3.05, 3.63) is 12.7 Å². The van der Waals surface area contributed by atoms with Crippen molar-refractivity contribution in [3.63, 3.8) is 0 Å². The average molecular weight is 1210 g/mol. The molecule has 0 bridgehead atoms. The third kappa shape index (κ3) is 22.3. The second-order valence-corrected chi connectivity index (χ2v) is 25.9. The van der Waals surface area contributed by atoms with Gasteiger partial charge < -0.3 is 91.2 Å². The number of carbonyl (C=O) groups excluding carboxylic acids is 12. The SMILES string of the molecule is C=CCOC(=O)N[C@H]1[C@H](OCC[Si](C)(C)C)O[C@H](COC(C)=O)[C@@H](O[C@@H]2O[C@H](COC(C)=O)[C@H](OC(C)=O)[C@H](O[C@]3(C(=O)OC)C[C@H](OC(C)=O)[C@@H](NC(C)=O)[C@H]([C@H](OC(C)=O)[C@@H](COC(C)=O)OC(C)=O)O3)[C@H]2OC(C)=O)[C@@H]1OC(C)=O. The van der Waals surface area contributed by atoms with Crippen LogP contribution in [0.5, 0.6) is 0 Å². The molecule has 3 fully saturated rings. The van der Waals surface area contributed by atoms with Gasteiger partial charge in [0, 0.05) is 83.9 Å². The van der Waals surface area contributed by atoms with E-state index in [1.165, 1.54) is 6.08 Å². The van der Waals surface area contributed by atoms with Crippen LogP contribution in [0.2, 0.25) is 25.7 Å². The molecule has 32 heteroatoms. The first-order valence-corrected chi connectivity index (χ1v) is 29.7. The van der Waals surface area contributed by atoms with Gasteiger partial charge in [0.2, 0.25) is 5.91 Å². The maximum Gasteiger partial charge on any atom is 0.407 e. The zero-order valence-corrected chi connectivity index (χ0v) is 49.7. The van der Waals surface area contributed by atoms with E-state index in [-0.39, 0.29) is 13.2 Å². The molecule has 16 atom stereocenters. The highest BCUT2D eigenvalue weighted by molar-refractivity contribution is 6.76. The van der Waals surface area contributed by atoms with Crippen molar-refractivity contribution < 1.29 is 138 Å². The summed E-state index contributed by atoms with van der Waals surface area (Å²) < 4.78 is 99.6. The summed E-state index contributed by atoms with van der Waals surface area (Å²) >= 11 is 0. The third-order valence-electron chi connectivity index (χ3n) is 11.9. The van der Waals surface area contributed by atoms with Crippen LogP contribution < -0.4 is 10.6 Å². The Kier molecular flexibility index (Phi) is 27.4. The fourth-order valence-corrected chi connectivity index (χ4v) is 9.55. The minimum atomic E-state index is -3.15. The summed E-state index contributed by atoms with van der Waals surface area (Å²) in [7, 11) is -1.01. The fourth-order valence-electron chi connectivity index (χ4n) is 8.82. The van der Waals surface area contributed by atoms with E-state index in [1.54, 1.807) is 0 Å². The summed E-state index contributed by atoms with van der Waals surface area (Å²) in [6.45, 7) is 16.6. The molecule has 83 heavy (non-hydrogen) atoms. The molecular formula is C51H76N2O29Si. The summed E-state index contributed by atoms with van der Waals surface area (Å²) in [5, 5.41) is 5.07. The molecule has 0 aromatic heterocycles. The largest absolute Gasteiger partial charge is 0.465 e. The Bertz CT molecular complexity index is 2350. The van der Waals surface area contributed by atoms with Crippen LogP contribution in [0.3, 0.4) is 0 Å². The summed E-state index contributed by atoms with van der Waals surface area (Å²) in [5.74, 6) is -14.8. The summed E-state index contributed by atoms with van der Waals surface area (Å²) in [6, 6.07) is -2.75. The van der Waals surface area contributed by atoms with Crippen molar-refractivity contribution in [2.75, 3.05) is 40.1 Å². The first-order chi connectivity index (χ1) is 38.7. The normalized spacial score (nSPS) is 28.3. The topological polar surface area (TPSA) is 386 Å². The van der Waals surface area contributed by atoms with E-state index in [4.69, 9.17) is 80.5 Å². The van der Waals surface area contributed by atoms with Gasteiger partial charge in [0.05, 0.1) is 19.6 Å². The molecule has 3 saturated heterocycles. The second kappa shape index (κ2) is 32.3. The van der Waals surface area contributed by atoms with Crippen molar-refractivity contribution in [1.29, 1.82) is 0 Å². The number of rotatable bonds is 27. The van der Waals surface area contributed by atoms with E-state index < -0.39 is 204 Å². The molecule has 2 N–H and O–H groups in total. The number of carbonyl (C=O) groups is 12. The van der Waals surface area contributed by atoms with E-state index in [1.807, 2.05) is 0 Å². The number of esters is 10. The lowest BCUT2D eigenvalue weighted by molar-refractivity contribution is -0.383. The third-order valence-corrected chi connectivity index (χ3v) is 13.6. The second-order valence-electron chi connectivity index (χ2n) is 20.3. The smallest absolute Gasteiger partial charge is 0.407 e. The van der Waals surface area contributed by atoms with Crippen molar-refractivity contribution in [2.24, 2.45) is 0 Å². The minimum Gasteiger partial charge on any atom is -0.465 e. The Labute approximate surface area is 479 Å². The molecule has 0 aliphatic carbocycles. The van der Waals surface area contributed by atoms with E-state index >= 15 is 0 Å². The van der Waals surface area contributed by atoms with Gasteiger partial charge in [0.15, 0.2) is 43.1 Å². The Morgan fingerprint density at radius 1 is 0.602 bits per heavy atom. The maximum atomic E-state index is 14.8. The molecule has 0 aromatic rings. The first kappa shape index (κ1) is 70.4. The lowest BCUT2D eigenvalue weighted by atomic mass is 9.87. The number of hydrogen-bond donors (Lipinski definition) is 2. The molecule has 0 aromatic carbocycles. The lowest BCUT2D eigenvalue weighted by Gasteiger charge is -2.52. The van der Waals surface area contributed by atoms with Crippen LogP contribution in [-0.2, 0) is 133 Å². The molecule has 3 aliphatic rings. The van der Waals surface area contributed by atoms with Crippen LogP contribution in [0.15, 0.2) is 12.7 Å². The van der Waals surface area contributed by atoms with Gasteiger partial charge in [-0.3, -0.25) is 47.9 Å². The predicted octanol–water partition coefficient (Wildman–Crippen LogP) is 0.285. The van der Waals surface area contributed by atoms with Crippen LogP contribution in [0, 0.1) is 0 Å². The van der Waals surface area contributed by atoms with Gasteiger partial charge >= 0.3 is 65.8 Å². The number of hydrogen-bond acceptors (Lipinski definition) is 29. The maximum absolute atomic E-state index is 14.8. The fraction of sp³-hybridized carbons (Fsp3) is 0.725. The van der Waals surface area contributed by atoms with Crippen molar-refractivity contribution >= 4 is 79.8 Å². The van der Waals surface area contributed by atoms with Crippen molar-refractivity contribution in [2.45, 2.75) is 199 Å². The minimum absolute atomic E-state index is 0.0283. The Morgan fingerprint density at radius 2 is 1.13 bits per heavy atom.